The van der Waals surface area contributed by atoms with E-state index in [1.54, 1.807) is 18.2 Å². The molecule has 3 rings (SSSR count). The molecule has 0 saturated heterocycles. The van der Waals surface area contributed by atoms with E-state index in [1.807, 2.05) is 13.8 Å². The van der Waals surface area contributed by atoms with Crippen molar-refractivity contribution in [2.75, 3.05) is 5.32 Å². The number of benzene rings is 1. The highest BCUT2D eigenvalue weighted by atomic mass is 35.5. The molecule has 1 fully saturated rings. The van der Waals surface area contributed by atoms with Gasteiger partial charge in [-0.15, -0.1) is 0 Å². The molecule has 1 aromatic heterocycles. The van der Waals surface area contributed by atoms with Gasteiger partial charge < -0.3 is 15.2 Å². The van der Waals surface area contributed by atoms with Gasteiger partial charge in [0.05, 0.1) is 17.5 Å². The molecule has 2 aromatic rings. The molecule has 0 amide bonds. The van der Waals surface area contributed by atoms with Crippen LogP contribution in [-0.2, 0) is 17.9 Å². The molecule has 0 aliphatic heterocycles. The van der Waals surface area contributed by atoms with E-state index in [0.29, 0.717) is 28.9 Å². The molecule has 2 N–H and O–H groups in total. The first kappa shape index (κ1) is 24.8. The fourth-order valence-electron chi connectivity index (χ4n) is 4.02. The van der Waals surface area contributed by atoms with Gasteiger partial charge in [-0.1, -0.05) is 31.4 Å². The van der Waals surface area contributed by atoms with Crippen molar-refractivity contribution in [1.82, 2.24) is 14.1 Å². The van der Waals surface area contributed by atoms with E-state index in [-0.39, 0.29) is 30.9 Å². The molecule has 0 atom stereocenters. The van der Waals surface area contributed by atoms with E-state index >= 15 is 0 Å². The summed E-state index contributed by atoms with van der Waals surface area (Å²) in [5, 5.41) is 12.4. The third-order valence-electron chi connectivity index (χ3n) is 5.83. The second kappa shape index (κ2) is 10.9. The number of halogens is 1. The molecular weight excluding hydrogens is 448 g/mol. The van der Waals surface area contributed by atoms with Crippen molar-refractivity contribution in [3.05, 3.63) is 44.2 Å². The van der Waals surface area contributed by atoms with Gasteiger partial charge in [-0.05, 0) is 56.7 Å². The predicted octanol–water partition coefficient (Wildman–Crippen LogP) is 3.89. The van der Waals surface area contributed by atoms with Crippen LogP contribution in [0.15, 0.2) is 27.8 Å². The molecule has 33 heavy (non-hydrogen) atoms. The minimum atomic E-state index is -1.09. The summed E-state index contributed by atoms with van der Waals surface area (Å²) in [5.41, 5.74) is -0.803. The number of ether oxygens (including phenoxy) is 1. The Balaban J connectivity index is 1.95. The zero-order valence-corrected chi connectivity index (χ0v) is 20.0. The number of carboxylic acids is 1. The van der Waals surface area contributed by atoms with Crippen LogP contribution in [0.25, 0.3) is 0 Å². The Morgan fingerprint density at radius 3 is 2.55 bits per heavy atom. The van der Waals surface area contributed by atoms with Crippen LogP contribution in [-0.4, -0.2) is 31.3 Å². The van der Waals surface area contributed by atoms with Gasteiger partial charge in [-0.2, -0.15) is 4.98 Å². The third-order valence-corrected chi connectivity index (χ3v) is 6.12. The van der Waals surface area contributed by atoms with Crippen LogP contribution in [0.2, 0.25) is 5.02 Å². The Kier molecular flexibility index (Phi) is 8.18. The van der Waals surface area contributed by atoms with Crippen LogP contribution in [0.3, 0.4) is 0 Å². The zero-order chi connectivity index (χ0) is 24.1. The van der Waals surface area contributed by atoms with Crippen molar-refractivity contribution in [2.24, 2.45) is 11.8 Å². The summed E-state index contributed by atoms with van der Waals surface area (Å²) in [5.74, 6) is 0.491. The Morgan fingerprint density at radius 2 is 1.94 bits per heavy atom. The molecule has 1 aromatic carbocycles. The summed E-state index contributed by atoms with van der Waals surface area (Å²) >= 11 is 6.33. The van der Waals surface area contributed by atoms with Gasteiger partial charge in [-0.25, -0.2) is 14.2 Å². The van der Waals surface area contributed by atoms with Crippen molar-refractivity contribution in [2.45, 2.75) is 72.1 Å². The smallest absolute Gasteiger partial charge is 0.354 e. The van der Waals surface area contributed by atoms with Gasteiger partial charge >= 0.3 is 17.3 Å². The highest BCUT2D eigenvalue weighted by Crippen LogP contribution is 2.31. The third kappa shape index (κ3) is 6.60. The van der Waals surface area contributed by atoms with Crippen molar-refractivity contribution >= 4 is 29.2 Å². The van der Waals surface area contributed by atoms with Crippen LogP contribution in [0, 0.1) is 11.8 Å². The molecule has 1 saturated carbocycles. The number of hydrogen-bond acceptors (Lipinski definition) is 6. The lowest BCUT2D eigenvalue weighted by Crippen LogP contribution is -2.44. The molecule has 0 spiro atoms. The average Bonchev–Trinajstić information content (AvgIpc) is 2.73. The Hall–Kier alpha value is -2.81. The second-order valence-corrected chi connectivity index (χ2v) is 9.38. The first-order valence-corrected chi connectivity index (χ1v) is 11.7. The highest BCUT2D eigenvalue weighted by Gasteiger charge is 2.22. The number of nitrogens with zero attached hydrogens (tertiary/aromatic N) is 3. The van der Waals surface area contributed by atoms with Crippen molar-refractivity contribution in [1.29, 1.82) is 0 Å². The van der Waals surface area contributed by atoms with Gasteiger partial charge in [0, 0.05) is 18.8 Å². The summed E-state index contributed by atoms with van der Waals surface area (Å²) in [6.07, 6.45) is 3.76. The minimum Gasteiger partial charge on any atom is -0.489 e. The largest absolute Gasteiger partial charge is 0.489 e. The van der Waals surface area contributed by atoms with Crippen molar-refractivity contribution in [3.63, 3.8) is 0 Å². The molecule has 1 aliphatic rings. The topological polar surface area (TPSA) is 115 Å². The molecule has 0 bridgehead atoms. The van der Waals surface area contributed by atoms with Gasteiger partial charge in [-0.3, -0.25) is 9.36 Å². The van der Waals surface area contributed by atoms with Gasteiger partial charge in [0.2, 0.25) is 5.95 Å². The van der Waals surface area contributed by atoms with E-state index < -0.39 is 17.3 Å². The lowest BCUT2D eigenvalue weighted by Gasteiger charge is -2.27. The predicted molar refractivity (Wildman–Crippen MR) is 127 cm³/mol. The van der Waals surface area contributed by atoms with Crippen LogP contribution in [0.1, 0.15) is 52.9 Å². The number of hydrogen-bond donors (Lipinski definition) is 2. The van der Waals surface area contributed by atoms with Crippen molar-refractivity contribution in [3.8, 4) is 5.75 Å². The number of carboxylic acid groups (broad SMARTS) is 1. The van der Waals surface area contributed by atoms with Crippen molar-refractivity contribution < 1.29 is 14.6 Å². The van der Waals surface area contributed by atoms with Crippen LogP contribution in [0.4, 0.5) is 11.6 Å². The van der Waals surface area contributed by atoms with E-state index in [9.17, 15) is 14.4 Å². The summed E-state index contributed by atoms with van der Waals surface area (Å²) in [6.45, 7) is 6.19. The number of aliphatic carboxylic acids is 1. The van der Waals surface area contributed by atoms with Gasteiger partial charge in [0.15, 0.2) is 0 Å². The lowest BCUT2D eigenvalue weighted by atomic mass is 9.83. The molecule has 0 unspecified atom stereocenters. The lowest BCUT2D eigenvalue weighted by molar-refractivity contribution is -0.137. The second-order valence-electron chi connectivity index (χ2n) is 8.97. The fraction of sp³-hybridized carbons (Fsp3) is 0.565. The Morgan fingerprint density at radius 1 is 1.24 bits per heavy atom. The van der Waals surface area contributed by atoms with Crippen LogP contribution in [0.5, 0.6) is 5.75 Å². The highest BCUT2D eigenvalue weighted by molar-refractivity contribution is 6.32. The maximum Gasteiger partial charge on any atom is 0.354 e. The SMILES string of the molecule is CC1CCC(Cn2c(Nc3ccc(OC(C)C)c(Cl)c3)nc(=O)n(CCC(=O)O)c2=O)CC1. The zero-order valence-electron chi connectivity index (χ0n) is 19.2. The number of aromatic nitrogens is 3. The van der Waals surface area contributed by atoms with Gasteiger partial charge in [0.25, 0.3) is 0 Å². The molecule has 10 heteroatoms. The normalized spacial score (nSPS) is 18.3. The summed E-state index contributed by atoms with van der Waals surface area (Å²) in [6, 6.07) is 5.09. The maximum absolute atomic E-state index is 13.2. The molecule has 0 radical (unpaired) electrons. The average molecular weight is 479 g/mol. The first-order valence-electron chi connectivity index (χ1n) is 11.3. The minimum absolute atomic E-state index is 0.0373. The number of anilines is 2. The van der Waals surface area contributed by atoms with E-state index in [1.165, 1.54) is 4.57 Å². The van der Waals surface area contributed by atoms with E-state index in [0.717, 1.165) is 30.3 Å². The van der Waals surface area contributed by atoms with Crippen LogP contribution < -0.4 is 21.4 Å². The maximum atomic E-state index is 13.2. The standard InChI is InChI=1S/C23H31ClN4O5/c1-14(2)33-19-9-8-17(12-18(19)24)25-21-26-22(31)27(11-10-20(29)30)23(32)28(21)13-16-6-4-15(3)5-7-16/h8-9,12,14-16H,4-7,10-11,13H2,1-3H3,(H,29,30)(H,25,26,31). The molecule has 1 aliphatic carbocycles. The first-order chi connectivity index (χ1) is 15.6. The summed E-state index contributed by atoms with van der Waals surface area (Å²) < 4.78 is 7.98. The monoisotopic (exact) mass is 478 g/mol. The number of carbonyl (C=O) groups is 1. The summed E-state index contributed by atoms with van der Waals surface area (Å²) in [4.78, 5) is 40.8. The molecule has 9 nitrogen and oxygen atoms in total. The van der Waals surface area contributed by atoms with E-state index in [4.69, 9.17) is 21.4 Å². The fourth-order valence-corrected chi connectivity index (χ4v) is 4.24. The van der Waals surface area contributed by atoms with Crippen LogP contribution >= 0.6 is 11.6 Å². The molecule has 1 heterocycles. The number of nitrogens with one attached hydrogen (secondary N) is 1. The molecule has 180 valence electrons. The summed E-state index contributed by atoms with van der Waals surface area (Å²) in [7, 11) is 0. The molecular formula is C23H31ClN4O5. The Bertz CT molecular complexity index is 1100. The Labute approximate surface area is 197 Å². The quantitative estimate of drug-likeness (QED) is 0.561. The van der Waals surface area contributed by atoms with E-state index in [2.05, 4.69) is 17.2 Å². The van der Waals surface area contributed by atoms with Gasteiger partial charge in [0.1, 0.15) is 5.75 Å². The number of rotatable bonds is 9.